The van der Waals surface area contributed by atoms with Crippen LogP contribution in [-0.2, 0) is 11.2 Å². The first-order valence-electron chi connectivity index (χ1n) is 9.35. The molecule has 0 unspecified atom stereocenters. The number of alkyl carbamates (subject to hydrolysis) is 1. The maximum absolute atomic E-state index is 11.9. The van der Waals surface area contributed by atoms with E-state index in [9.17, 15) is 4.79 Å². The SMILES string of the molecule is CN=C(NCCc1ccco1)NC1CCC(NC(=O)OC(C)(C)C)CC1.I. The van der Waals surface area contributed by atoms with Crippen molar-refractivity contribution in [2.75, 3.05) is 13.6 Å². The summed E-state index contributed by atoms with van der Waals surface area (Å²) in [5.41, 5.74) is -0.462. The highest BCUT2D eigenvalue weighted by atomic mass is 127. The van der Waals surface area contributed by atoms with Gasteiger partial charge < -0.3 is 25.1 Å². The van der Waals surface area contributed by atoms with E-state index < -0.39 is 5.60 Å². The second-order valence-corrected chi connectivity index (χ2v) is 7.67. The Morgan fingerprint density at radius 3 is 2.37 bits per heavy atom. The van der Waals surface area contributed by atoms with Gasteiger partial charge in [-0.15, -0.1) is 24.0 Å². The number of nitrogens with zero attached hydrogens (tertiary/aromatic N) is 1. The Balaban J connectivity index is 0.00000364. The molecule has 0 aliphatic heterocycles. The number of rotatable bonds is 5. The maximum atomic E-state index is 11.9. The molecule has 0 atom stereocenters. The van der Waals surface area contributed by atoms with Gasteiger partial charge in [-0.05, 0) is 58.6 Å². The fraction of sp³-hybridized carbons (Fsp3) is 0.684. The van der Waals surface area contributed by atoms with E-state index in [0.717, 1.165) is 50.4 Å². The number of nitrogens with one attached hydrogen (secondary N) is 3. The monoisotopic (exact) mass is 492 g/mol. The molecule has 1 heterocycles. The summed E-state index contributed by atoms with van der Waals surface area (Å²) >= 11 is 0. The van der Waals surface area contributed by atoms with Gasteiger partial charge in [0.1, 0.15) is 11.4 Å². The summed E-state index contributed by atoms with van der Waals surface area (Å²) in [4.78, 5) is 16.1. The smallest absolute Gasteiger partial charge is 0.407 e. The van der Waals surface area contributed by atoms with Gasteiger partial charge in [-0.2, -0.15) is 0 Å². The molecule has 0 aromatic carbocycles. The molecule has 1 aliphatic rings. The number of aliphatic imine (C=N–C) groups is 1. The van der Waals surface area contributed by atoms with Gasteiger partial charge in [-0.3, -0.25) is 4.99 Å². The van der Waals surface area contributed by atoms with Gasteiger partial charge in [-0.1, -0.05) is 0 Å². The van der Waals surface area contributed by atoms with Crippen molar-refractivity contribution in [1.82, 2.24) is 16.0 Å². The molecule has 0 bridgehead atoms. The highest BCUT2D eigenvalue weighted by Gasteiger charge is 2.25. The van der Waals surface area contributed by atoms with Crippen molar-refractivity contribution in [1.29, 1.82) is 0 Å². The summed E-state index contributed by atoms with van der Waals surface area (Å²) in [6, 6.07) is 4.40. The number of halogens is 1. The van der Waals surface area contributed by atoms with Gasteiger partial charge in [-0.25, -0.2) is 4.79 Å². The number of carbonyl (C=O) groups is 1. The highest BCUT2D eigenvalue weighted by molar-refractivity contribution is 14.0. The average Bonchev–Trinajstić information content (AvgIpc) is 3.07. The Morgan fingerprint density at radius 2 is 1.85 bits per heavy atom. The van der Waals surface area contributed by atoms with Gasteiger partial charge in [0.2, 0.25) is 0 Å². The molecule has 0 radical (unpaired) electrons. The summed E-state index contributed by atoms with van der Waals surface area (Å²) in [7, 11) is 1.78. The van der Waals surface area contributed by atoms with Crippen molar-refractivity contribution < 1.29 is 13.9 Å². The minimum atomic E-state index is -0.462. The first kappa shape index (κ1) is 23.6. The van der Waals surface area contributed by atoms with Gasteiger partial charge in [0.05, 0.1) is 6.26 Å². The summed E-state index contributed by atoms with van der Waals surface area (Å²) in [6.07, 6.45) is 6.01. The number of hydrogen-bond donors (Lipinski definition) is 3. The van der Waals surface area contributed by atoms with Crippen LogP contribution < -0.4 is 16.0 Å². The van der Waals surface area contributed by atoms with E-state index in [2.05, 4.69) is 20.9 Å². The van der Waals surface area contributed by atoms with Crippen molar-refractivity contribution >= 4 is 36.0 Å². The minimum Gasteiger partial charge on any atom is -0.469 e. The first-order chi connectivity index (χ1) is 12.4. The van der Waals surface area contributed by atoms with Crippen molar-refractivity contribution in [3.05, 3.63) is 24.2 Å². The normalized spacial score (nSPS) is 20.4. The van der Waals surface area contributed by atoms with E-state index in [4.69, 9.17) is 9.15 Å². The van der Waals surface area contributed by atoms with Crippen LogP contribution in [0.25, 0.3) is 0 Å². The zero-order valence-corrected chi connectivity index (χ0v) is 19.0. The van der Waals surface area contributed by atoms with Gasteiger partial charge >= 0.3 is 6.09 Å². The lowest BCUT2D eigenvalue weighted by Crippen LogP contribution is -2.48. The molecule has 154 valence electrons. The van der Waals surface area contributed by atoms with Crippen molar-refractivity contribution in [2.24, 2.45) is 4.99 Å². The topological polar surface area (TPSA) is 87.9 Å². The molecule has 8 heteroatoms. The molecule has 0 saturated heterocycles. The van der Waals surface area contributed by atoms with E-state index in [-0.39, 0.29) is 36.1 Å². The standard InChI is InChI=1S/C19H32N4O3.HI/c1-19(2,3)26-18(24)23-15-9-7-14(8-10-15)22-17(20-4)21-12-11-16-6-5-13-25-16;/h5-6,13-15H,7-12H2,1-4H3,(H,23,24)(H2,20,21,22);1H. The largest absolute Gasteiger partial charge is 0.469 e. The molecule has 1 aromatic heterocycles. The second-order valence-electron chi connectivity index (χ2n) is 7.67. The van der Waals surface area contributed by atoms with E-state index in [0.29, 0.717) is 6.04 Å². The average molecular weight is 492 g/mol. The summed E-state index contributed by atoms with van der Waals surface area (Å²) in [6.45, 7) is 6.39. The molecule has 1 fully saturated rings. The zero-order valence-electron chi connectivity index (χ0n) is 16.7. The third-order valence-electron chi connectivity index (χ3n) is 4.26. The van der Waals surface area contributed by atoms with Crippen molar-refractivity contribution in [2.45, 2.75) is 70.6 Å². The van der Waals surface area contributed by atoms with Crippen LogP contribution in [0.2, 0.25) is 0 Å². The third-order valence-corrected chi connectivity index (χ3v) is 4.26. The molecular formula is C19H33IN4O3. The van der Waals surface area contributed by atoms with Crippen LogP contribution in [0.3, 0.4) is 0 Å². The van der Waals surface area contributed by atoms with E-state index >= 15 is 0 Å². The minimum absolute atomic E-state index is 0. The summed E-state index contributed by atoms with van der Waals surface area (Å²) in [5, 5.41) is 9.74. The van der Waals surface area contributed by atoms with Crippen LogP contribution in [0.1, 0.15) is 52.2 Å². The molecule has 0 spiro atoms. The number of ether oxygens (including phenoxy) is 1. The van der Waals surface area contributed by atoms with E-state index in [1.807, 2.05) is 32.9 Å². The molecule has 1 aliphatic carbocycles. The third kappa shape index (κ3) is 9.34. The number of furan rings is 1. The summed E-state index contributed by atoms with van der Waals surface area (Å²) in [5.74, 6) is 1.77. The first-order valence-corrected chi connectivity index (χ1v) is 9.35. The number of amides is 1. The lowest BCUT2D eigenvalue weighted by atomic mass is 9.91. The highest BCUT2D eigenvalue weighted by Crippen LogP contribution is 2.19. The van der Waals surface area contributed by atoms with Crippen molar-refractivity contribution in [3.8, 4) is 0 Å². The van der Waals surface area contributed by atoms with Gasteiger partial charge in [0, 0.05) is 32.1 Å². The predicted molar refractivity (Wildman–Crippen MR) is 118 cm³/mol. The fourth-order valence-electron chi connectivity index (χ4n) is 3.00. The molecule has 1 amide bonds. The van der Waals surface area contributed by atoms with Gasteiger partial charge in [0.25, 0.3) is 0 Å². The van der Waals surface area contributed by atoms with Crippen LogP contribution in [0.5, 0.6) is 0 Å². The Hall–Kier alpha value is -1.45. The Labute approximate surface area is 179 Å². The molecule has 1 aromatic rings. The lowest BCUT2D eigenvalue weighted by molar-refractivity contribution is 0.0490. The number of carbonyl (C=O) groups excluding carboxylic acids is 1. The Kier molecular flexibility index (Phi) is 9.97. The molecule has 3 N–H and O–H groups in total. The van der Waals surface area contributed by atoms with Crippen molar-refractivity contribution in [3.63, 3.8) is 0 Å². The molecule has 1 saturated carbocycles. The predicted octanol–water partition coefficient (Wildman–Crippen LogP) is 3.44. The molecule has 2 rings (SSSR count). The maximum Gasteiger partial charge on any atom is 0.407 e. The van der Waals surface area contributed by atoms with Crippen LogP contribution in [0.4, 0.5) is 4.79 Å². The van der Waals surface area contributed by atoms with Gasteiger partial charge in [0.15, 0.2) is 5.96 Å². The summed E-state index contributed by atoms with van der Waals surface area (Å²) < 4.78 is 10.6. The molecular weight excluding hydrogens is 459 g/mol. The van der Waals surface area contributed by atoms with Crippen LogP contribution in [0, 0.1) is 0 Å². The number of hydrogen-bond acceptors (Lipinski definition) is 4. The zero-order chi connectivity index (χ0) is 19.0. The van der Waals surface area contributed by atoms with Crippen LogP contribution in [0.15, 0.2) is 27.8 Å². The van der Waals surface area contributed by atoms with Crippen LogP contribution >= 0.6 is 24.0 Å². The Morgan fingerprint density at radius 1 is 1.22 bits per heavy atom. The lowest BCUT2D eigenvalue weighted by Gasteiger charge is -2.31. The molecule has 27 heavy (non-hydrogen) atoms. The number of guanidine groups is 1. The van der Waals surface area contributed by atoms with E-state index in [1.165, 1.54) is 0 Å². The van der Waals surface area contributed by atoms with Crippen LogP contribution in [-0.4, -0.2) is 43.3 Å². The van der Waals surface area contributed by atoms with E-state index in [1.54, 1.807) is 13.3 Å². The fourth-order valence-corrected chi connectivity index (χ4v) is 3.00. The Bertz CT molecular complexity index is 576. The second kappa shape index (κ2) is 11.4. The quantitative estimate of drug-likeness (QED) is 0.333. The molecule has 7 nitrogen and oxygen atoms in total.